The fourth-order valence-electron chi connectivity index (χ4n) is 1.10. The highest BCUT2D eigenvalue weighted by Gasteiger charge is 2.33. The van der Waals surface area contributed by atoms with Crippen LogP contribution in [0.15, 0.2) is 11.6 Å². The van der Waals surface area contributed by atoms with Crippen LogP contribution in [-0.2, 0) is 9.59 Å². The van der Waals surface area contributed by atoms with E-state index >= 15 is 0 Å². The summed E-state index contributed by atoms with van der Waals surface area (Å²) in [5, 5.41) is 0.237. The quantitative estimate of drug-likeness (QED) is 0.217. The van der Waals surface area contributed by atoms with Gasteiger partial charge in [-0.05, 0) is 19.1 Å². The van der Waals surface area contributed by atoms with E-state index in [1.165, 1.54) is 15.8 Å². The zero-order chi connectivity index (χ0) is 10.2. The number of allylic oxidation sites excluding steroid dienone is 1. The molecule has 0 atom stereocenters. The first kappa shape index (κ1) is 9.92. The molecular formula is C7H9BN2O2S. The summed E-state index contributed by atoms with van der Waals surface area (Å²) >= 11 is 4.89. The first-order valence-corrected chi connectivity index (χ1v) is 4.18. The third-order valence-corrected chi connectivity index (χ3v) is 2.48. The van der Waals surface area contributed by atoms with E-state index in [0.29, 0.717) is 0 Å². The van der Waals surface area contributed by atoms with Crippen LogP contribution in [0.1, 0.15) is 6.92 Å². The number of hydrogen-bond donors (Lipinski definition) is 0. The lowest BCUT2D eigenvalue weighted by molar-refractivity contribution is -0.130. The van der Waals surface area contributed by atoms with Gasteiger partial charge in [0.25, 0.3) is 11.8 Å². The van der Waals surface area contributed by atoms with E-state index in [9.17, 15) is 9.59 Å². The van der Waals surface area contributed by atoms with Crippen LogP contribution in [0.3, 0.4) is 0 Å². The Kier molecular flexibility index (Phi) is 2.51. The number of amides is 2. The molecule has 1 aliphatic rings. The molecule has 0 unspecified atom stereocenters. The van der Waals surface area contributed by atoms with Crippen LogP contribution >= 0.6 is 12.2 Å². The summed E-state index contributed by atoms with van der Waals surface area (Å²) in [5.41, 5.74) is 0.165. The maximum absolute atomic E-state index is 11.4. The highest BCUT2D eigenvalue weighted by atomic mass is 32.1. The third-order valence-electron chi connectivity index (χ3n) is 1.93. The molecule has 0 aromatic heterocycles. The second kappa shape index (κ2) is 3.29. The Morgan fingerprint density at radius 3 is 2.38 bits per heavy atom. The summed E-state index contributed by atoms with van der Waals surface area (Å²) in [6, 6.07) is 0. The second-order valence-electron chi connectivity index (χ2n) is 2.71. The van der Waals surface area contributed by atoms with E-state index in [1.54, 1.807) is 22.0 Å². The van der Waals surface area contributed by atoms with Gasteiger partial charge in [-0.1, -0.05) is 6.08 Å². The van der Waals surface area contributed by atoms with Crippen molar-refractivity contribution < 1.29 is 9.59 Å². The molecule has 68 valence electrons. The monoisotopic (exact) mass is 196 g/mol. The molecule has 4 nitrogen and oxygen atoms in total. The smallest absolute Gasteiger partial charge is 0.264 e. The number of carbonyl (C=O) groups excluding carboxylic acids is 2. The van der Waals surface area contributed by atoms with E-state index in [0.717, 1.165) is 0 Å². The van der Waals surface area contributed by atoms with Gasteiger partial charge in [0.2, 0.25) is 7.98 Å². The molecule has 0 aliphatic carbocycles. The minimum atomic E-state index is -0.337. The van der Waals surface area contributed by atoms with Crippen molar-refractivity contribution in [1.29, 1.82) is 0 Å². The molecule has 1 heterocycles. The highest BCUT2D eigenvalue weighted by Crippen LogP contribution is 2.13. The van der Waals surface area contributed by atoms with Gasteiger partial charge in [-0.2, -0.15) is 0 Å². The Morgan fingerprint density at radius 1 is 1.38 bits per heavy atom. The number of nitrogens with zero attached hydrogens (tertiary/aromatic N) is 2. The predicted molar refractivity (Wildman–Crippen MR) is 54.5 cm³/mol. The molecular weight excluding hydrogens is 187 g/mol. The minimum Gasteiger partial charge on any atom is -0.338 e. The summed E-state index contributed by atoms with van der Waals surface area (Å²) in [7, 11) is 3.11. The first-order chi connectivity index (χ1) is 6.00. The van der Waals surface area contributed by atoms with Crippen LogP contribution in [0, 0.1) is 0 Å². The molecule has 6 heteroatoms. The fourth-order valence-corrected chi connectivity index (χ4v) is 1.26. The number of rotatable bonds is 0. The summed E-state index contributed by atoms with van der Waals surface area (Å²) < 4.78 is 0. The number of likely N-dealkylation sites (N-methyl/N-ethyl adjacent to an activating group) is 1. The van der Waals surface area contributed by atoms with Crippen LogP contribution in [0.4, 0.5) is 0 Å². The van der Waals surface area contributed by atoms with E-state index in [2.05, 4.69) is 0 Å². The fraction of sp³-hybridized carbons (Fsp3) is 0.286. The van der Waals surface area contributed by atoms with Gasteiger partial charge in [0.1, 0.15) is 0 Å². The summed E-state index contributed by atoms with van der Waals surface area (Å²) in [6.45, 7) is 1.65. The minimum absolute atomic E-state index is 0.165. The molecule has 0 spiro atoms. The summed E-state index contributed by atoms with van der Waals surface area (Å²) in [5.74, 6) is -0.675. The SMILES string of the molecule is BN1C(=O)/C(=C/C)C(=O)N(C)C1=S. The van der Waals surface area contributed by atoms with E-state index in [-0.39, 0.29) is 22.5 Å². The maximum Gasteiger partial charge on any atom is 0.264 e. The van der Waals surface area contributed by atoms with Crippen molar-refractivity contribution >= 4 is 37.1 Å². The Bertz CT molecular complexity index is 300. The van der Waals surface area contributed by atoms with Crippen molar-refractivity contribution in [2.45, 2.75) is 6.92 Å². The van der Waals surface area contributed by atoms with Gasteiger partial charge < -0.3 is 4.81 Å². The van der Waals surface area contributed by atoms with Crippen LogP contribution < -0.4 is 0 Å². The molecule has 0 radical (unpaired) electrons. The third kappa shape index (κ3) is 1.37. The zero-order valence-corrected chi connectivity index (χ0v) is 8.51. The number of thiocarbonyl (C=S) groups is 1. The van der Waals surface area contributed by atoms with E-state index < -0.39 is 0 Å². The summed E-state index contributed by atoms with van der Waals surface area (Å²) in [4.78, 5) is 25.5. The van der Waals surface area contributed by atoms with Gasteiger partial charge in [-0.3, -0.25) is 14.5 Å². The average molecular weight is 196 g/mol. The Morgan fingerprint density at radius 2 is 1.92 bits per heavy atom. The molecule has 1 aliphatic heterocycles. The van der Waals surface area contributed by atoms with Gasteiger partial charge in [-0.15, -0.1) is 0 Å². The molecule has 1 saturated heterocycles. The molecule has 0 aromatic rings. The lowest BCUT2D eigenvalue weighted by Gasteiger charge is -2.32. The van der Waals surface area contributed by atoms with Gasteiger partial charge >= 0.3 is 0 Å². The van der Waals surface area contributed by atoms with Crippen LogP contribution in [-0.4, -0.2) is 41.7 Å². The van der Waals surface area contributed by atoms with Gasteiger partial charge in [0, 0.05) is 7.05 Å². The van der Waals surface area contributed by atoms with Gasteiger partial charge in [0.05, 0.1) is 5.57 Å². The highest BCUT2D eigenvalue weighted by molar-refractivity contribution is 7.80. The molecule has 0 saturated carbocycles. The molecule has 0 aromatic carbocycles. The largest absolute Gasteiger partial charge is 0.338 e. The lowest BCUT2D eigenvalue weighted by atomic mass is 10.1. The molecule has 1 fully saturated rings. The Balaban J connectivity index is 3.14. The van der Waals surface area contributed by atoms with Crippen molar-refractivity contribution in [1.82, 2.24) is 9.71 Å². The molecule has 2 amide bonds. The van der Waals surface area contributed by atoms with Gasteiger partial charge in [-0.25, -0.2) is 0 Å². The molecule has 0 bridgehead atoms. The number of hydrogen-bond acceptors (Lipinski definition) is 3. The van der Waals surface area contributed by atoms with Crippen LogP contribution in [0.25, 0.3) is 0 Å². The van der Waals surface area contributed by atoms with Crippen molar-refractivity contribution in [2.75, 3.05) is 7.05 Å². The van der Waals surface area contributed by atoms with Crippen molar-refractivity contribution in [3.63, 3.8) is 0 Å². The normalized spacial score (nSPS) is 21.7. The Labute approximate surface area is 82.6 Å². The molecule has 13 heavy (non-hydrogen) atoms. The predicted octanol–water partition coefficient (Wildman–Crippen LogP) is -0.934. The topological polar surface area (TPSA) is 40.6 Å². The van der Waals surface area contributed by atoms with Crippen LogP contribution in [0.2, 0.25) is 0 Å². The van der Waals surface area contributed by atoms with Crippen molar-refractivity contribution in [2.24, 2.45) is 0 Å². The van der Waals surface area contributed by atoms with E-state index in [4.69, 9.17) is 12.2 Å². The summed E-state index contributed by atoms with van der Waals surface area (Å²) in [6.07, 6.45) is 1.50. The molecule has 1 rings (SSSR count). The molecule has 0 N–H and O–H groups in total. The standard InChI is InChI=1S/C7H9BN2O2S/c1-3-4-5(11)9(2)7(13)10(8)6(4)12/h3H,8H2,1-2H3/b4-3+. The van der Waals surface area contributed by atoms with E-state index in [1.807, 2.05) is 0 Å². The second-order valence-corrected chi connectivity index (χ2v) is 3.08. The first-order valence-electron chi connectivity index (χ1n) is 3.77. The van der Waals surface area contributed by atoms with Crippen LogP contribution in [0.5, 0.6) is 0 Å². The van der Waals surface area contributed by atoms with Crippen molar-refractivity contribution in [3.8, 4) is 0 Å². The number of carbonyl (C=O) groups is 2. The maximum atomic E-state index is 11.4. The van der Waals surface area contributed by atoms with Crippen molar-refractivity contribution in [3.05, 3.63) is 11.6 Å². The van der Waals surface area contributed by atoms with Gasteiger partial charge in [0.15, 0.2) is 5.11 Å². The zero-order valence-electron chi connectivity index (χ0n) is 7.70. The lowest BCUT2D eigenvalue weighted by Crippen LogP contribution is -2.53. The average Bonchev–Trinajstić information content (AvgIpc) is 2.13. The Hall–Kier alpha value is -1.17.